The van der Waals surface area contributed by atoms with E-state index < -0.39 is 11.9 Å². The maximum absolute atomic E-state index is 11.1. The molecule has 0 aromatic heterocycles. The Morgan fingerprint density at radius 2 is 2.31 bits per heavy atom. The molecule has 0 spiro atoms. The average molecular weight is 184 g/mol. The van der Waals surface area contributed by atoms with Crippen LogP contribution >= 0.6 is 0 Å². The van der Waals surface area contributed by atoms with Gasteiger partial charge in [0.1, 0.15) is 0 Å². The van der Waals surface area contributed by atoms with Gasteiger partial charge in [-0.15, -0.1) is 0 Å². The minimum atomic E-state index is -1.05. The molecule has 1 heterocycles. The number of carbonyl (C=O) groups excluding carboxylic acids is 1. The van der Waals surface area contributed by atoms with Crippen LogP contribution < -0.4 is 0 Å². The number of carboxylic acids is 1. The molecule has 0 aromatic carbocycles. The minimum absolute atomic E-state index is 0.303. The van der Waals surface area contributed by atoms with E-state index in [1.807, 2.05) is 13.8 Å². The van der Waals surface area contributed by atoms with Crippen LogP contribution in [0.4, 0.5) is 0 Å². The topological polar surface area (TPSA) is 63.6 Å². The molecule has 0 bridgehead atoms. The third-order valence-corrected chi connectivity index (χ3v) is 2.11. The molecule has 4 nitrogen and oxygen atoms in total. The molecule has 1 aliphatic heterocycles. The molecule has 1 aliphatic rings. The molecule has 1 saturated heterocycles. The summed E-state index contributed by atoms with van der Waals surface area (Å²) in [5, 5.41) is 8.39. The van der Waals surface area contributed by atoms with E-state index in [0.717, 1.165) is 6.08 Å². The second-order valence-corrected chi connectivity index (χ2v) is 3.77. The van der Waals surface area contributed by atoms with Crippen molar-refractivity contribution in [1.29, 1.82) is 0 Å². The molecule has 0 aromatic rings. The molecule has 13 heavy (non-hydrogen) atoms. The van der Waals surface area contributed by atoms with Crippen LogP contribution in [0.15, 0.2) is 12.2 Å². The van der Waals surface area contributed by atoms with Crippen molar-refractivity contribution >= 4 is 11.9 Å². The van der Waals surface area contributed by atoms with E-state index in [1.165, 1.54) is 6.08 Å². The Balaban J connectivity index is 2.77. The van der Waals surface area contributed by atoms with Crippen molar-refractivity contribution in [3.63, 3.8) is 0 Å². The van der Waals surface area contributed by atoms with Gasteiger partial charge in [0.05, 0.1) is 12.5 Å². The highest BCUT2D eigenvalue weighted by molar-refractivity contribution is 5.83. The SMILES string of the molecule is CC1(C)COC(=O)[C@H]1C=CC(=O)O. The van der Waals surface area contributed by atoms with Crippen molar-refractivity contribution in [3.8, 4) is 0 Å². The number of carboxylic acid groups (broad SMARTS) is 1. The predicted molar refractivity (Wildman–Crippen MR) is 45.0 cm³/mol. The first-order valence-electron chi connectivity index (χ1n) is 4.01. The van der Waals surface area contributed by atoms with Crippen LogP contribution in [0.2, 0.25) is 0 Å². The van der Waals surface area contributed by atoms with Crippen molar-refractivity contribution in [1.82, 2.24) is 0 Å². The van der Waals surface area contributed by atoms with Gasteiger partial charge in [0.15, 0.2) is 0 Å². The van der Waals surface area contributed by atoms with Crippen molar-refractivity contribution in [2.75, 3.05) is 6.61 Å². The highest BCUT2D eigenvalue weighted by Crippen LogP contribution is 2.35. The summed E-state index contributed by atoms with van der Waals surface area (Å²) in [6.07, 6.45) is 2.37. The third-order valence-electron chi connectivity index (χ3n) is 2.11. The Morgan fingerprint density at radius 1 is 1.69 bits per heavy atom. The van der Waals surface area contributed by atoms with E-state index in [1.54, 1.807) is 0 Å². The fourth-order valence-electron chi connectivity index (χ4n) is 1.27. The van der Waals surface area contributed by atoms with E-state index in [0.29, 0.717) is 6.61 Å². The lowest BCUT2D eigenvalue weighted by molar-refractivity contribution is -0.140. The van der Waals surface area contributed by atoms with Crippen molar-refractivity contribution in [3.05, 3.63) is 12.2 Å². The van der Waals surface area contributed by atoms with E-state index in [2.05, 4.69) is 0 Å². The first-order valence-corrected chi connectivity index (χ1v) is 4.01. The second kappa shape index (κ2) is 3.20. The van der Waals surface area contributed by atoms with Crippen LogP contribution in [0.25, 0.3) is 0 Å². The van der Waals surface area contributed by atoms with Crippen LogP contribution in [0.5, 0.6) is 0 Å². The fourth-order valence-corrected chi connectivity index (χ4v) is 1.27. The first-order chi connectivity index (χ1) is 5.93. The normalized spacial score (nSPS) is 26.3. The zero-order chi connectivity index (χ0) is 10.1. The van der Waals surface area contributed by atoms with E-state index in [9.17, 15) is 9.59 Å². The molecule has 1 atom stereocenters. The number of esters is 1. The lowest BCUT2D eigenvalue weighted by Gasteiger charge is -2.17. The van der Waals surface area contributed by atoms with Crippen LogP contribution in [-0.4, -0.2) is 23.7 Å². The molecule has 4 heteroatoms. The Kier molecular flexibility index (Phi) is 2.40. The van der Waals surface area contributed by atoms with Crippen LogP contribution in [0, 0.1) is 11.3 Å². The van der Waals surface area contributed by atoms with Crippen molar-refractivity contribution in [2.45, 2.75) is 13.8 Å². The zero-order valence-corrected chi connectivity index (χ0v) is 7.61. The van der Waals surface area contributed by atoms with Gasteiger partial charge in [0.25, 0.3) is 0 Å². The van der Waals surface area contributed by atoms with Gasteiger partial charge in [-0.2, -0.15) is 0 Å². The lowest BCUT2D eigenvalue weighted by atomic mass is 9.81. The van der Waals surface area contributed by atoms with Gasteiger partial charge in [-0.25, -0.2) is 4.79 Å². The Labute approximate surface area is 76.2 Å². The number of rotatable bonds is 2. The number of hydrogen-bond donors (Lipinski definition) is 1. The van der Waals surface area contributed by atoms with Gasteiger partial charge in [-0.1, -0.05) is 19.9 Å². The summed E-state index contributed by atoms with van der Waals surface area (Å²) in [4.78, 5) is 21.4. The summed E-state index contributed by atoms with van der Waals surface area (Å²) in [5.41, 5.74) is -0.303. The van der Waals surface area contributed by atoms with Gasteiger partial charge in [0.2, 0.25) is 0 Å². The first kappa shape index (κ1) is 9.77. The van der Waals surface area contributed by atoms with Gasteiger partial charge in [0, 0.05) is 11.5 Å². The summed E-state index contributed by atoms with van der Waals surface area (Å²) in [6, 6.07) is 0. The Hall–Kier alpha value is -1.32. The molecule has 1 fully saturated rings. The number of cyclic esters (lactones) is 1. The molecular formula is C9H12O4. The number of aliphatic carboxylic acids is 1. The maximum atomic E-state index is 11.1. The molecule has 1 rings (SSSR count). The Morgan fingerprint density at radius 3 is 2.69 bits per heavy atom. The molecule has 1 N–H and O–H groups in total. The molecule has 0 saturated carbocycles. The maximum Gasteiger partial charge on any atom is 0.328 e. The average Bonchev–Trinajstić information content (AvgIpc) is 2.23. The lowest BCUT2D eigenvalue weighted by Crippen LogP contribution is -2.22. The predicted octanol–water partition coefficient (Wildman–Crippen LogP) is 0.826. The Bertz CT molecular complexity index is 265. The zero-order valence-electron chi connectivity index (χ0n) is 7.61. The minimum Gasteiger partial charge on any atom is -0.478 e. The molecule has 0 amide bonds. The number of ether oxygens (including phenoxy) is 1. The quantitative estimate of drug-likeness (QED) is 0.510. The smallest absolute Gasteiger partial charge is 0.328 e. The van der Waals surface area contributed by atoms with Gasteiger partial charge in [-0.05, 0) is 0 Å². The van der Waals surface area contributed by atoms with Crippen molar-refractivity contribution < 1.29 is 19.4 Å². The number of carbonyl (C=O) groups is 2. The standard InChI is InChI=1S/C9H12O4/c1-9(2)5-13-8(12)6(9)3-4-7(10)11/h3-4,6H,5H2,1-2H3,(H,10,11)/t6-/m1/s1. The molecular weight excluding hydrogens is 172 g/mol. The van der Waals surface area contributed by atoms with Crippen molar-refractivity contribution in [2.24, 2.45) is 11.3 Å². The summed E-state index contributed by atoms with van der Waals surface area (Å²) in [5.74, 6) is -1.83. The summed E-state index contributed by atoms with van der Waals surface area (Å²) in [6.45, 7) is 4.09. The van der Waals surface area contributed by atoms with Gasteiger partial charge < -0.3 is 9.84 Å². The highest BCUT2D eigenvalue weighted by atomic mass is 16.5. The van der Waals surface area contributed by atoms with Crippen LogP contribution in [-0.2, 0) is 14.3 Å². The van der Waals surface area contributed by atoms with Crippen LogP contribution in [0.3, 0.4) is 0 Å². The molecule has 0 unspecified atom stereocenters. The third kappa shape index (κ3) is 2.08. The highest BCUT2D eigenvalue weighted by Gasteiger charge is 2.41. The van der Waals surface area contributed by atoms with Crippen LogP contribution in [0.1, 0.15) is 13.8 Å². The van der Waals surface area contributed by atoms with E-state index in [4.69, 9.17) is 9.84 Å². The summed E-state index contributed by atoms with van der Waals surface area (Å²) < 4.78 is 4.83. The summed E-state index contributed by atoms with van der Waals surface area (Å²) in [7, 11) is 0. The molecule has 0 radical (unpaired) electrons. The van der Waals surface area contributed by atoms with Gasteiger partial charge in [-0.3, -0.25) is 4.79 Å². The summed E-state index contributed by atoms with van der Waals surface area (Å²) >= 11 is 0. The molecule has 0 aliphatic carbocycles. The fraction of sp³-hybridized carbons (Fsp3) is 0.556. The molecule has 72 valence electrons. The van der Waals surface area contributed by atoms with Gasteiger partial charge >= 0.3 is 11.9 Å². The monoisotopic (exact) mass is 184 g/mol. The number of hydrogen-bond acceptors (Lipinski definition) is 3. The second-order valence-electron chi connectivity index (χ2n) is 3.77. The van der Waals surface area contributed by atoms with E-state index in [-0.39, 0.29) is 11.4 Å². The van der Waals surface area contributed by atoms with E-state index >= 15 is 0 Å². The largest absolute Gasteiger partial charge is 0.478 e.